The highest BCUT2D eigenvalue weighted by molar-refractivity contribution is 5.66. The SMILES string of the molecule is CC(C)C(c1ccccc1)N1CCC(CCC(=O)O)C1. The van der Waals surface area contributed by atoms with E-state index < -0.39 is 5.97 Å². The van der Waals surface area contributed by atoms with E-state index in [1.165, 1.54) is 5.56 Å². The average Bonchev–Trinajstić information content (AvgIpc) is 2.86. The van der Waals surface area contributed by atoms with Crippen LogP contribution in [0.5, 0.6) is 0 Å². The van der Waals surface area contributed by atoms with Gasteiger partial charge in [-0.05, 0) is 36.8 Å². The van der Waals surface area contributed by atoms with Gasteiger partial charge in [-0.15, -0.1) is 0 Å². The minimum Gasteiger partial charge on any atom is -0.481 e. The number of aliphatic carboxylic acids is 1. The van der Waals surface area contributed by atoms with E-state index in [1.54, 1.807) is 0 Å². The standard InChI is InChI=1S/C17H25NO2/c1-13(2)17(15-6-4-3-5-7-15)18-11-10-14(12-18)8-9-16(19)20/h3-7,13-14,17H,8-12H2,1-2H3,(H,19,20). The maximum absolute atomic E-state index is 10.7. The average molecular weight is 275 g/mol. The van der Waals surface area contributed by atoms with Crippen molar-refractivity contribution in [2.24, 2.45) is 11.8 Å². The fraction of sp³-hybridized carbons (Fsp3) is 0.588. The molecule has 1 N–H and O–H groups in total. The molecule has 2 unspecified atom stereocenters. The topological polar surface area (TPSA) is 40.5 Å². The first-order valence-corrected chi connectivity index (χ1v) is 7.58. The van der Waals surface area contributed by atoms with Gasteiger partial charge in [-0.25, -0.2) is 0 Å². The van der Waals surface area contributed by atoms with Crippen LogP contribution >= 0.6 is 0 Å². The summed E-state index contributed by atoms with van der Waals surface area (Å²) in [7, 11) is 0. The van der Waals surface area contributed by atoms with Gasteiger partial charge >= 0.3 is 5.97 Å². The van der Waals surface area contributed by atoms with Gasteiger partial charge in [0.05, 0.1) is 0 Å². The third-order valence-corrected chi connectivity index (χ3v) is 4.25. The lowest BCUT2D eigenvalue weighted by Gasteiger charge is -2.31. The van der Waals surface area contributed by atoms with Crippen LogP contribution in [-0.2, 0) is 4.79 Å². The molecule has 20 heavy (non-hydrogen) atoms. The van der Waals surface area contributed by atoms with E-state index >= 15 is 0 Å². The van der Waals surface area contributed by atoms with Crippen molar-refractivity contribution in [3.8, 4) is 0 Å². The highest BCUT2D eigenvalue weighted by Crippen LogP contribution is 2.34. The summed E-state index contributed by atoms with van der Waals surface area (Å²) >= 11 is 0. The van der Waals surface area contributed by atoms with E-state index in [0.717, 1.165) is 25.9 Å². The molecule has 2 atom stereocenters. The normalized spacial score (nSPS) is 21.2. The molecule has 0 radical (unpaired) electrons. The van der Waals surface area contributed by atoms with Crippen molar-refractivity contribution in [1.29, 1.82) is 0 Å². The van der Waals surface area contributed by atoms with E-state index in [0.29, 0.717) is 24.3 Å². The molecule has 1 aliphatic heterocycles. The second-order valence-electron chi connectivity index (χ2n) is 6.18. The van der Waals surface area contributed by atoms with Gasteiger partial charge in [0, 0.05) is 19.0 Å². The Bertz CT molecular complexity index is 430. The predicted molar refractivity (Wildman–Crippen MR) is 80.6 cm³/mol. The first kappa shape index (κ1) is 15.0. The van der Waals surface area contributed by atoms with Gasteiger partial charge in [0.2, 0.25) is 0 Å². The van der Waals surface area contributed by atoms with Crippen molar-refractivity contribution in [2.45, 2.75) is 39.2 Å². The van der Waals surface area contributed by atoms with Crippen LogP contribution < -0.4 is 0 Å². The van der Waals surface area contributed by atoms with Crippen LogP contribution in [0.15, 0.2) is 30.3 Å². The fourth-order valence-corrected chi connectivity index (χ4v) is 3.35. The second-order valence-corrected chi connectivity index (χ2v) is 6.18. The molecular formula is C17H25NO2. The molecular weight excluding hydrogens is 250 g/mol. The molecule has 1 heterocycles. The molecule has 1 aromatic carbocycles. The van der Waals surface area contributed by atoms with E-state index in [2.05, 4.69) is 49.1 Å². The third-order valence-electron chi connectivity index (χ3n) is 4.25. The van der Waals surface area contributed by atoms with Crippen LogP contribution in [0.4, 0.5) is 0 Å². The van der Waals surface area contributed by atoms with Crippen LogP contribution in [0.1, 0.15) is 44.7 Å². The minimum absolute atomic E-state index is 0.302. The molecule has 0 aromatic heterocycles. The smallest absolute Gasteiger partial charge is 0.303 e. The predicted octanol–water partition coefficient (Wildman–Crippen LogP) is 3.57. The number of hydrogen-bond donors (Lipinski definition) is 1. The summed E-state index contributed by atoms with van der Waals surface area (Å²) in [6.45, 7) is 6.65. The summed E-state index contributed by atoms with van der Waals surface area (Å²) in [5.41, 5.74) is 1.38. The molecule has 3 heteroatoms. The second kappa shape index (κ2) is 6.89. The number of benzene rings is 1. The summed E-state index contributed by atoms with van der Waals surface area (Å²) in [5.74, 6) is 0.429. The molecule has 1 aromatic rings. The number of hydrogen-bond acceptors (Lipinski definition) is 2. The van der Waals surface area contributed by atoms with Gasteiger partial charge in [-0.3, -0.25) is 9.69 Å². The quantitative estimate of drug-likeness (QED) is 0.862. The van der Waals surface area contributed by atoms with E-state index in [4.69, 9.17) is 5.11 Å². The molecule has 0 amide bonds. The molecule has 0 bridgehead atoms. The first-order valence-electron chi connectivity index (χ1n) is 7.58. The lowest BCUT2D eigenvalue weighted by Crippen LogP contribution is -2.30. The van der Waals surface area contributed by atoms with Crippen LogP contribution in [0.25, 0.3) is 0 Å². The number of likely N-dealkylation sites (tertiary alicyclic amines) is 1. The van der Waals surface area contributed by atoms with Gasteiger partial charge in [0.25, 0.3) is 0 Å². The Hall–Kier alpha value is -1.35. The molecule has 1 aliphatic rings. The molecule has 3 nitrogen and oxygen atoms in total. The summed E-state index contributed by atoms with van der Waals surface area (Å²) < 4.78 is 0. The summed E-state index contributed by atoms with van der Waals surface area (Å²) in [5, 5.41) is 8.80. The molecule has 0 aliphatic carbocycles. The van der Waals surface area contributed by atoms with E-state index in [-0.39, 0.29) is 0 Å². The maximum atomic E-state index is 10.7. The van der Waals surface area contributed by atoms with Gasteiger partial charge in [-0.1, -0.05) is 44.2 Å². The van der Waals surface area contributed by atoms with E-state index in [1.807, 2.05) is 0 Å². The Morgan fingerprint density at radius 1 is 1.35 bits per heavy atom. The number of carboxylic acid groups (broad SMARTS) is 1. The first-order chi connectivity index (χ1) is 9.58. The van der Waals surface area contributed by atoms with E-state index in [9.17, 15) is 4.79 Å². The Balaban J connectivity index is 2.00. The van der Waals surface area contributed by atoms with Gasteiger partial charge in [0.15, 0.2) is 0 Å². The lowest BCUT2D eigenvalue weighted by molar-refractivity contribution is -0.137. The molecule has 1 fully saturated rings. The molecule has 0 saturated carbocycles. The van der Waals surface area contributed by atoms with Gasteiger partial charge in [0.1, 0.15) is 0 Å². The van der Waals surface area contributed by atoms with Gasteiger partial charge < -0.3 is 5.11 Å². The highest BCUT2D eigenvalue weighted by Gasteiger charge is 2.30. The maximum Gasteiger partial charge on any atom is 0.303 e. The van der Waals surface area contributed by atoms with Crippen molar-refractivity contribution in [3.05, 3.63) is 35.9 Å². The largest absolute Gasteiger partial charge is 0.481 e. The molecule has 110 valence electrons. The molecule has 0 spiro atoms. The van der Waals surface area contributed by atoms with Crippen molar-refractivity contribution in [3.63, 3.8) is 0 Å². The van der Waals surface area contributed by atoms with Crippen molar-refractivity contribution < 1.29 is 9.90 Å². The number of nitrogens with zero attached hydrogens (tertiary/aromatic N) is 1. The minimum atomic E-state index is -0.674. The summed E-state index contributed by atoms with van der Waals surface area (Å²) in [6.07, 6.45) is 2.24. The van der Waals surface area contributed by atoms with Crippen molar-refractivity contribution in [1.82, 2.24) is 4.90 Å². The monoisotopic (exact) mass is 275 g/mol. The third kappa shape index (κ3) is 3.83. The van der Waals surface area contributed by atoms with Crippen molar-refractivity contribution in [2.75, 3.05) is 13.1 Å². The Morgan fingerprint density at radius 2 is 2.05 bits per heavy atom. The van der Waals surface area contributed by atoms with Crippen LogP contribution in [-0.4, -0.2) is 29.1 Å². The van der Waals surface area contributed by atoms with Crippen LogP contribution in [0, 0.1) is 11.8 Å². The lowest BCUT2D eigenvalue weighted by atomic mass is 9.94. The number of carboxylic acids is 1. The summed E-state index contributed by atoms with van der Waals surface area (Å²) in [6, 6.07) is 11.1. The summed E-state index contributed by atoms with van der Waals surface area (Å²) in [4.78, 5) is 13.2. The zero-order valence-corrected chi connectivity index (χ0v) is 12.5. The van der Waals surface area contributed by atoms with Gasteiger partial charge in [-0.2, -0.15) is 0 Å². The number of carbonyl (C=O) groups is 1. The molecule has 1 saturated heterocycles. The number of rotatable bonds is 6. The molecule has 2 rings (SSSR count). The van der Waals surface area contributed by atoms with Crippen LogP contribution in [0.2, 0.25) is 0 Å². The van der Waals surface area contributed by atoms with Crippen molar-refractivity contribution >= 4 is 5.97 Å². The Labute approximate surface area is 121 Å². The fourth-order valence-electron chi connectivity index (χ4n) is 3.35. The zero-order valence-electron chi connectivity index (χ0n) is 12.5. The highest BCUT2D eigenvalue weighted by atomic mass is 16.4. The zero-order chi connectivity index (χ0) is 14.5. The van der Waals surface area contributed by atoms with Crippen LogP contribution in [0.3, 0.4) is 0 Å². The Kier molecular flexibility index (Phi) is 5.18. The Morgan fingerprint density at radius 3 is 2.65 bits per heavy atom.